The maximum atomic E-state index is 9.68. The normalized spacial score (nSPS) is 38.8. The molecule has 0 aliphatic carbocycles. The molecule has 0 aromatic heterocycles. The third-order valence-corrected chi connectivity index (χ3v) is 4.16. The van der Waals surface area contributed by atoms with Gasteiger partial charge in [0.05, 0.1) is 6.10 Å². The third-order valence-electron chi connectivity index (χ3n) is 2.96. The summed E-state index contributed by atoms with van der Waals surface area (Å²) in [6.07, 6.45) is 2.27. The maximum absolute atomic E-state index is 9.68. The smallest absolute Gasteiger partial charge is 0.0669 e. The Morgan fingerprint density at radius 2 is 1.92 bits per heavy atom. The second kappa shape index (κ2) is 3.99. The number of hydrogen-bond donors (Lipinski definition) is 1. The van der Waals surface area contributed by atoms with Gasteiger partial charge in [-0.15, -0.1) is 0 Å². The van der Waals surface area contributed by atoms with Crippen LogP contribution < -0.4 is 0 Å². The van der Waals surface area contributed by atoms with Crippen molar-refractivity contribution in [1.29, 1.82) is 0 Å². The van der Waals surface area contributed by atoms with Crippen molar-refractivity contribution < 1.29 is 9.84 Å². The van der Waals surface area contributed by atoms with E-state index in [4.69, 9.17) is 4.74 Å². The highest BCUT2D eigenvalue weighted by atomic mass is 32.2. The molecule has 2 aliphatic heterocycles. The minimum Gasteiger partial charge on any atom is -0.392 e. The minimum atomic E-state index is -0.0434. The Balaban J connectivity index is 1.89. The fraction of sp³-hybridized carbons (Fsp3) is 1.00. The molecule has 2 nitrogen and oxygen atoms in total. The first-order valence-electron chi connectivity index (χ1n) is 4.71. The topological polar surface area (TPSA) is 29.5 Å². The van der Waals surface area contributed by atoms with E-state index in [1.165, 1.54) is 0 Å². The standard InChI is InChI=1S/C9H16O2S/c10-9-6-12-5-8(9)7-1-3-11-4-2-7/h7-10H,1-6H2. The predicted molar refractivity (Wildman–Crippen MR) is 50.4 cm³/mol. The van der Waals surface area contributed by atoms with E-state index in [-0.39, 0.29) is 6.10 Å². The van der Waals surface area contributed by atoms with Gasteiger partial charge in [0.2, 0.25) is 0 Å². The van der Waals surface area contributed by atoms with Crippen LogP contribution in [-0.2, 0) is 4.74 Å². The van der Waals surface area contributed by atoms with Gasteiger partial charge in [-0.3, -0.25) is 0 Å². The van der Waals surface area contributed by atoms with Crippen molar-refractivity contribution >= 4 is 11.8 Å². The van der Waals surface area contributed by atoms with Crippen molar-refractivity contribution in [3.05, 3.63) is 0 Å². The number of rotatable bonds is 1. The van der Waals surface area contributed by atoms with Gasteiger partial charge in [-0.25, -0.2) is 0 Å². The molecule has 2 atom stereocenters. The molecule has 2 fully saturated rings. The van der Waals surface area contributed by atoms with Gasteiger partial charge in [0, 0.05) is 19.0 Å². The van der Waals surface area contributed by atoms with Crippen LogP contribution in [0.1, 0.15) is 12.8 Å². The van der Waals surface area contributed by atoms with Crippen molar-refractivity contribution in [2.75, 3.05) is 24.7 Å². The molecule has 70 valence electrons. The van der Waals surface area contributed by atoms with Crippen LogP contribution in [0.15, 0.2) is 0 Å². The molecule has 2 saturated heterocycles. The first kappa shape index (κ1) is 8.85. The number of aliphatic hydroxyl groups is 1. The van der Waals surface area contributed by atoms with Crippen LogP contribution in [0.2, 0.25) is 0 Å². The average molecular weight is 188 g/mol. The van der Waals surface area contributed by atoms with E-state index < -0.39 is 0 Å². The molecule has 2 unspecified atom stereocenters. The van der Waals surface area contributed by atoms with Crippen LogP contribution >= 0.6 is 11.8 Å². The molecule has 0 amide bonds. The van der Waals surface area contributed by atoms with Gasteiger partial charge >= 0.3 is 0 Å². The summed E-state index contributed by atoms with van der Waals surface area (Å²) in [7, 11) is 0. The molecular formula is C9H16O2S. The summed E-state index contributed by atoms with van der Waals surface area (Å²) in [5, 5.41) is 9.68. The van der Waals surface area contributed by atoms with Crippen molar-refractivity contribution in [3.63, 3.8) is 0 Å². The summed E-state index contributed by atoms with van der Waals surface area (Å²) >= 11 is 1.89. The van der Waals surface area contributed by atoms with Gasteiger partial charge in [0.25, 0.3) is 0 Å². The monoisotopic (exact) mass is 188 g/mol. The van der Waals surface area contributed by atoms with E-state index >= 15 is 0 Å². The summed E-state index contributed by atoms with van der Waals surface area (Å²) in [6.45, 7) is 1.80. The fourth-order valence-electron chi connectivity index (χ4n) is 2.15. The van der Waals surface area contributed by atoms with Crippen molar-refractivity contribution in [3.8, 4) is 0 Å². The zero-order chi connectivity index (χ0) is 8.39. The van der Waals surface area contributed by atoms with E-state index in [1.54, 1.807) is 0 Å². The molecule has 0 radical (unpaired) electrons. The van der Waals surface area contributed by atoms with Crippen LogP contribution in [0.25, 0.3) is 0 Å². The second-order valence-electron chi connectivity index (χ2n) is 3.72. The van der Waals surface area contributed by atoms with Gasteiger partial charge < -0.3 is 9.84 Å². The summed E-state index contributed by atoms with van der Waals surface area (Å²) < 4.78 is 5.31. The van der Waals surface area contributed by atoms with Gasteiger partial charge in [0.1, 0.15) is 0 Å². The van der Waals surface area contributed by atoms with Gasteiger partial charge in [-0.2, -0.15) is 11.8 Å². The first-order valence-corrected chi connectivity index (χ1v) is 5.87. The first-order chi connectivity index (χ1) is 5.88. The quantitative estimate of drug-likeness (QED) is 0.669. The van der Waals surface area contributed by atoms with E-state index in [0.717, 1.165) is 43.5 Å². The lowest BCUT2D eigenvalue weighted by Crippen LogP contribution is -2.30. The molecule has 12 heavy (non-hydrogen) atoms. The van der Waals surface area contributed by atoms with Crippen LogP contribution in [0.4, 0.5) is 0 Å². The Morgan fingerprint density at radius 1 is 1.17 bits per heavy atom. The number of aliphatic hydroxyl groups excluding tert-OH is 1. The van der Waals surface area contributed by atoms with E-state index in [9.17, 15) is 5.11 Å². The molecule has 0 saturated carbocycles. The fourth-order valence-corrected chi connectivity index (χ4v) is 3.55. The summed E-state index contributed by atoms with van der Waals surface area (Å²) in [5.74, 6) is 3.39. The highest BCUT2D eigenvalue weighted by Gasteiger charge is 2.33. The number of thioether (sulfide) groups is 1. The minimum absolute atomic E-state index is 0.0434. The Bertz CT molecular complexity index is 145. The highest BCUT2D eigenvalue weighted by Crippen LogP contribution is 2.34. The lowest BCUT2D eigenvalue weighted by atomic mass is 9.84. The van der Waals surface area contributed by atoms with E-state index in [1.807, 2.05) is 11.8 Å². The Morgan fingerprint density at radius 3 is 2.50 bits per heavy atom. The van der Waals surface area contributed by atoms with Crippen molar-refractivity contribution in [2.45, 2.75) is 18.9 Å². The van der Waals surface area contributed by atoms with Gasteiger partial charge in [-0.1, -0.05) is 0 Å². The zero-order valence-corrected chi connectivity index (χ0v) is 8.05. The van der Waals surface area contributed by atoms with Crippen LogP contribution in [0, 0.1) is 11.8 Å². The number of ether oxygens (including phenoxy) is 1. The molecular weight excluding hydrogens is 172 g/mol. The molecule has 2 aliphatic rings. The Labute approximate surface area is 77.7 Å². The summed E-state index contributed by atoms with van der Waals surface area (Å²) in [5.41, 5.74) is 0. The Hall–Kier alpha value is 0.270. The predicted octanol–water partition coefficient (Wildman–Crippen LogP) is 1.14. The second-order valence-corrected chi connectivity index (χ2v) is 4.79. The van der Waals surface area contributed by atoms with Crippen molar-refractivity contribution in [2.24, 2.45) is 11.8 Å². The van der Waals surface area contributed by atoms with Crippen molar-refractivity contribution in [1.82, 2.24) is 0 Å². The molecule has 0 spiro atoms. The Kier molecular flexibility index (Phi) is 2.94. The molecule has 2 rings (SSSR count). The van der Waals surface area contributed by atoms with E-state index in [2.05, 4.69) is 0 Å². The molecule has 0 bridgehead atoms. The average Bonchev–Trinajstić information content (AvgIpc) is 2.53. The molecule has 0 aromatic carbocycles. The summed E-state index contributed by atoms with van der Waals surface area (Å²) in [4.78, 5) is 0. The zero-order valence-electron chi connectivity index (χ0n) is 7.24. The third kappa shape index (κ3) is 1.78. The van der Waals surface area contributed by atoms with E-state index in [0.29, 0.717) is 5.92 Å². The lowest BCUT2D eigenvalue weighted by Gasteiger charge is -2.28. The van der Waals surface area contributed by atoms with Gasteiger partial charge in [-0.05, 0) is 30.4 Å². The lowest BCUT2D eigenvalue weighted by molar-refractivity contribution is 0.0225. The number of hydrogen-bond acceptors (Lipinski definition) is 3. The SMILES string of the molecule is OC1CSCC1C1CCOCC1. The van der Waals surface area contributed by atoms with Crippen LogP contribution in [0.5, 0.6) is 0 Å². The molecule has 1 N–H and O–H groups in total. The van der Waals surface area contributed by atoms with Gasteiger partial charge in [0.15, 0.2) is 0 Å². The molecule has 2 heterocycles. The summed E-state index contributed by atoms with van der Waals surface area (Å²) in [6, 6.07) is 0. The highest BCUT2D eigenvalue weighted by molar-refractivity contribution is 7.99. The van der Waals surface area contributed by atoms with Crippen LogP contribution in [0.3, 0.4) is 0 Å². The van der Waals surface area contributed by atoms with Crippen LogP contribution in [-0.4, -0.2) is 35.9 Å². The maximum Gasteiger partial charge on any atom is 0.0669 e. The molecule has 3 heteroatoms. The molecule has 0 aromatic rings. The largest absolute Gasteiger partial charge is 0.392 e.